The summed E-state index contributed by atoms with van der Waals surface area (Å²) in [5.41, 5.74) is 0. The van der Waals surface area contributed by atoms with Gasteiger partial charge in [-0.2, -0.15) is 4.31 Å². The van der Waals surface area contributed by atoms with Crippen LogP contribution in [0.5, 0.6) is 5.75 Å². The second-order valence-electron chi connectivity index (χ2n) is 5.32. The lowest BCUT2D eigenvalue weighted by atomic mass is 10.1. The normalized spacial score (nSPS) is 17.9. The summed E-state index contributed by atoms with van der Waals surface area (Å²) in [5, 5.41) is 0. The average molecular weight is 297 g/mol. The van der Waals surface area contributed by atoms with E-state index < -0.39 is 10.0 Å². The number of hydrogen-bond acceptors (Lipinski definition) is 3. The molecule has 0 N–H and O–H groups in total. The molecule has 1 aliphatic rings. The topological polar surface area (TPSA) is 46.6 Å². The van der Waals surface area contributed by atoms with Gasteiger partial charge in [0, 0.05) is 13.1 Å². The van der Waals surface area contributed by atoms with Gasteiger partial charge < -0.3 is 4.74 Å². The van der Waals surface area contributed by atoms with Crippen molar-refractivity contribution in [2.75, 3.05) is 14.2 Å². The molecule has 1 aliphatic carbocycles. The number of rotatable bonds is 4. The fraction of sp³-hybridized carbons (Fsp3) is 0.600. The number of sulfonamides is 1. The first kappa shape index (κ1) is 15.3. The first-order valence-electron chi connectivity index (χ1n) is 7.18. The summed E-state index contributed by atoms with van der Waals surface area (Å²) in [6.45, 7) is 0. The Balaban J connectivity index is 2.28. The second kappa shape index (κ2) is 6.59. The Kier molecular flexibility index (Phi) is 5.05. The van der Waals surface area contributed by atoms with Gasteiger partial charge in [-0.05, 0) is 25.0 Å². The summed E-state index contributed by atoms with van der Waals surface area (Å²) >= 11 is 0. The molecule has 0 heterocycles. The Morgan fingerprint density at radius 2 is 1.70 bits per heavy atom. The summed E-state index contributed by atoms with van der Waals surface area (Å²) in [5.74, 6) is 0.410. The monoisotopic (exact) mass is 297 g/mol. The third kappa shape index (κ3) is 3.15. The predicted octanol–water partition coefficient (Wildman–Crippen LogP) is 3.04. The molecule has 1 aromatic carbocycles. The Bertz CT molecular complexity index is 534. The third-order valence-electron chi connectivity index (χ3n) is 4.07. The van der Waals surface area contributed by atoms with Crippen LogP contribution in [0, 0.1) is 0 Å². The van der Waals surface area contributed by atoms with Crippen molar-refractivity contribution in [3.05, 3.63) is 24.3 Å². The van der Waals surface area contributed by atoms with Gasteiger partial charge >= 0.3 is 0 Å². The maximum Gasteiger partial charge on any atom is 0.246 e. The smallest absolute Gasteiger partial charge is 0.246 e. The van der Waals surface area contributed by atoms with Crippen LogP contribution >= 0.6 is 0 Å². The highest BCUT2D eigenvalue weighted by Crippen LogP contribution is 2.30. The van der Waals surface area contributed by atoms with Crippen LogP contribution in [-0.4, -0.2) is 32.9 Å². The van der Waals surface area contributed by atoms with Crippen LogP contribution in [-0.2, 0) is 10.0 Å². The lowest BCUT2D eigenvalue weighted by Gasteiger charge is -2.27. The SMILES string of the molecule is COc1ccccc1S(=O)(=O)N(C)C1CCCCCC1. The van der Waals surface area contributed by atoms with E-state index in [9.17, 15) is 8.42 Å². The first-order chi connectivity index (χ1) is 9.57. The molecule has 0 radical (unpaired) electrons. The van der Waals surface area contributed by atoms with Gasteiger partial charge in [-0.25, -0.2) is 8.42 Å². The maximum absolute atomic E-state index is 12.8. The average Bonchev–Trinajstić information content (AvgIpc) is 2.75. The third-order valence-corrected chi connectivity index (χ3v) is 6.01. The highest BCUT2D eigenvalue weighted by molar-refractivity contribution is 7.89. The van der Waals surface area contributed by atoms with E-state index >= 15 is 0 Å². The largest absolute Gasteiger partial charge is 0.495 e. The number of hydrogen-bond donors (Lipinski definition) is 0. The summed E-state index contributed by atoms with van der Waals surface area (Å²) in [4.78, 5) is 0.259. The van der Waals surface area contributed by atoms with Gasteiger partial charge in [0.25, 0.3) is 0 Å². The summed E-state index contributed by atoms with van der Waals surface area (Å²) in [7, 11) is -0.297. The van der Waals surface area contributed by atoms with Gasteiger partial charge in [0.1, 0.15) is 10.6 Å². The zero-order valence-corrected chi connectivity index (χ0v) is 13.0. The molecule has 0 bridgehead atoms. The number of benzene rings is 1. The van der Waals surface area contributed by atoms with E-state index in [2.05, 4.69) is 0 Å². The molecule has 0 atom stereocenters. The Morgan fingerprint density at radius 3 is 2.30 bits per heavy atom. The molecule has 2 rings (SSSR count). The number of nitrogens with zero attached hydrogens (tertiary/aromatic N) is 1. The molecule has 112 valence electrons. The second-order valence-corrected chi connectivity index (χ2v) is 7.28. The van der Waals surface area contributed by atoms with Crippen LogP contribution in [0.2, 0.25) is 0 Å². The van der Waals surface area contributed by atoms with Crippen molar-refractivity contribution in [1.29, 1.82) is 0 Å². The van der Waals surface area contributed by atoms with Gasteiger partial charge in [-0.15, -0.1) is 0 Å². The molecule has 0 amide bonds. The lowest BCUT2D eigenvalue weighted by Crippen LogP contribution is -2.36. The van der Waals surface area contributed by atoms with Crippen molar-refractivity contribution in [1.82, 2.24) is 4.31 Å². The van der Waals surface area contributed by atoms with Crippen LogP contribution in [0.4, 0.5) is 0 Å². The minimum atomic E-state index is -3.49. The van der Waals surface area contributed by atoms with Crippen molar-refractivity contribution in [3.63, 3.8) is 0 Å². The minimum absolute atomic E-state index is 0.104. The van der Waals surface area contributed by atoms with Crippen molar-refractivity contribution < 1.29 is 13.2 Å². The highest BCUT2D eigenvalue weighted by Gasteiger charge is 2.30. The summed E-state index contributed by atoms with van der Waals surface area (Å²) in [6.07, 6.45) is 6.53. The van der Waals surface area contributed by atoms with Gasteiger partial charge in [0.2, 0.25) is 10.0 Å². The highest BCUT2D eigenvalue weighted by atomic mass is 32.2. The molecule has 4 nitrogen and oxygen atoms in total. The fourth-order valence-electron chi connectivity index (χ4n) is 2.80. The van der Waals surface area contributed by atoms with E-state index in [0.717, 1.165) is 25.7 Å². The van der Waals surface area contributed by atoms with Gasteiger partial charge in [-0.1, -0.05) is 37.8 Å². The molecular formula is C15H23NO3S. The quantitative estimate of drug-likeness (QED) is 0.803. The van der Waals surface area contributed by atoms with Gasteiger partial charge in [0.05, 0.1) is 7.11 Å². The van der Waals surface area contributed by atoms with Gasteiger partial charge in [0.15, 0.2) is 0 Å². The number of methoxy groups -OCH3 is 1. The molecule has 1 saturated carbocycles. The molecule has 0 spiro atoms. The Labute approximate surface area is 121 Å². The molecular weight excluding hydrogens is 274 g/mol. The zero-order valence-electron chi connectivity index (χ0n) is 12.2. The Hall–Kier alpha value is -1.07. The summed E-state index contributed by atoms with van der Waals surface area (Å²) < 4.78 is 32.3. The van der Waals surface area contributed by atoms with E-state index in [4.69, 9.17) is 4.74 Å². The minimum Gasteiger partial charge on any atom is -0.495 e. The Morgan fingerprint density at radius 1 is 1.10 bits per heavy atom. The van der Waals surface area contributed by atoms with E-state index in [1.165, 1.54) is 24.3 Å². The van der Waals surface area contributed by atoms with Crippen molar-refractivity contribution >= 4 is 10.0 Å². The molecule has 1 fully saturated rings. The molecule has 0 aromatic heterocycles. The lowest BCUT2D eigenvalue weighted by molar-refractivity contribution is 0.332. The van der Waals surface area contributed by atoms with E-state index in [1.807, 2.05) is 0 Å². The maximum atomic E-state index is 12.8. The van der Waals surface area contributed by atoms with Crippen LogP contribution in [0.3, 0.4) is 0 Å². The zero-order chi connectivity index (χ0) is 14.6. The first-order valence-corrected chi connectivity index (χ1v) is 8.62. The van der Waals surface area contributed by atoms with Crippen LogP contribution in [0.1, 0.15) is 38.5 Å². The van der Waals surface area contributed by atoms with E-state index in [1.54, 1.807) is 31.3 Å². The van der Waals surface area contributed by atoms with Crippen molar-refractivity contribution in [2.45, 2.75) is 49.5 Å². The standard InChI is InChI=1S/C15H23NO3S/c1-16(13-9-5-3-4-6-10-13)20(17,18)15-12-8-7-11-14(15)19-2/h7-8,11-13H,3-6,9-10H2,1-2H3. The van der Waals surface area contributed by atoms with Crippen molar-refractivity contribution in [3.8, 4) is 5.75 Å². The molecule has 20 heavy (non-hydrogen) atoms. The van der Waals surface area contributed by atoms with Crippen LogP contribution < -0.4 is 4.74 Å². The molecule has 1 aromatic rings. The van der Waals surface area contributed by atoms with Crippen LogP contribution in [0.25, 0.3) is 0 Å². The molecule has 0 saturated heterocycles. The van der Waals surface area contributed by atoms with Crippen molar-refractivity contribution in [2.24, 2.45) is 0 Å². The molecule has 0 unspecified atom stereocenters. The summed E-state index contributed by atoms with van der Waals surface area (Å²) in [6, 6.07) is 6.92. The van der Waals surface area contributed by atoms with E-state index in [0.29, 0.717) is 5.75 Å². The number of ether oxygens (including phenoxy) is 1. The predicted molar refractivity (Wildman–Crippen MR) is 79.4 cm³/mol. The van der Waals surface area contributed by atoms with Gasteiger partial charge in [-0.3, -0.25) is 0 Å². The fourth-order valence-corrected chi connectivity index (χ4v) is 4.37. The number of para-hydroxylation sites is 1. The van der Waals surface area contributed by atoms with E-state index in [-0.39, 0.29) is 10.9 Å². The van der Waals surface area contributed by atoms with Crippen LogP contribution in [0.15, 0.2) is 29.2 Å². The molecule has 0 aliphatic heterocycles. The molecule has 5 heteroatoms.